The van der Waals surface area contributed by atoms with Gasteiger partial charge in [0.15, 0.2) is 5.11 Å². The summed E-state index contributed by atoms with van der Waals surface area (Å²) < 4.78 is 1.79. The molecular weight excluding hydrogens is 270 g/mol. The fourth-order valence-corrected chi connectivity index (χ4v) is 1.63. The second-order valence-corrected chi connectivity index (χ2v) is 4.33. The summed E-state index contributed by atoms with van der Waals surface area (Å²) in [6, 6.07) is 9.88. The number of nitrogens with one attached hydrogen (secondary N) is 2. The molecule has 0 aliphatic rings. The second kappa shape index (κ2) is 7.20. The fraction of sp³-hybridized carbons (Fsp3) is 0.0714. The molecule has 1 heterocycles. The Morgan fingerprint density at radius 1 is 1.40 bits per heavy atom. The summed E-state index contributed by atoms with van der Waals surface area (Å²) in [4.78, 5) is 0. The fourth-order valence-electron chi connectivity index (χ4n) is 1.50. The molecule has 0 aliphatic heterocycles. The van der Waals surface area contributed by atoms with E-state index in [1.54, 1.807) is 23.2 Å². The predicted octanol–water partition coefficient (Wildman–Crippen LogP) is 1.86. The Hall–Kier alpha value is -2.47. The maximum atomic E-state index is 5.01. The van der Waals surface area contributed by atoms with Crippen molar-refractivity contribution in [3.8, 4) is 5.69 Å². The summed E-state index contributed by atoms with van der Waals surface area (Å²) >= 11 is 5.01. The van der Waals surface area contributed by atoms with Gasteiger partial charge in [-0.1, -0.05) is 24.3 Å². The van der Waals surface area contributed by atoms with Gasteiger partial charge in [-0.15, -0.1) is 6.58 Å². The van der Waals surface area contributed by atoms with Crippen molar-refractivity contribution in [2.24, 2.45) is 5.10 Å². The van der Waals surface area contributed by atoms with Crippen molar-refractivity contribution in [3.63, 3.8) is 0 Å². The summed E-state index contributed by atoms with van der Waals surface area (Å²) in [7, 11) is 0. The first-order valence-corrected chi connectivity index (χ1v) is 6.48. The van der Waals surface area contributed by atoms with Crippen LogP contribution in [-0.4, -0.2) is 27.7 Å². The van der Waals surface area contributed by atoms with Crippen LogP contribution in [0.4, 0.5) is 0 Å². The summed E-state index contributed by atoms with van der Waals surface area (Å²) in [5.41, 5.74) is 4.61. The van der Waals surface area contributed by atoms with Crippen molar-refractivity contribution in [2.75, 3.05) is 6.54 Å². The predicted molar refractivity (Wildman–Crippen MR) is 85.1 cm³/mol. The third-order valence-electron chi connectivity index (χ3n) is 2.41. The summed E-state index contributed by atoms with van der Waals surface area (Å²) in [5, 5.41) is 11.7. The number of para-hydroxylation sites is 1. The van der Waals surface area contributed by atoms with Crippen LogP contribution in [0.1, 0.15) is 5.56 Å². The van der Waals surface area contributed by atoms with Crippen molar-refractivity contribution < 1.29 is 0 Å². The van der Waals surface area contributed by atoms with Crippen LogP contribution in [0.3, 0.4) is 0 Å². The molecule has 2 N–H and O–H groups in total. The van der Waals surface area contributed by atoms with Gasteiger partial charge in [-0.2, -0.15) is 10.2 Å². The second-order valence-electron chi connectivity index (χ2n) is 3.92. The molecule has 0 bridgehead atoms. The van der Waals surface area contributed by atoms with Crippen LogP contribution in [0.2, 0.25) is 0 Å². The molecule has 1 aromatic carbocycles. The van der Waals surface area contributed by atoms with Crippen molar-refractivity contribution in [1.29, 1.82) is 0 Å². The van der Waals surface area contributed by atoms with E-state index in [-0.39, 0.29) is 0 Å². The Labute approximate surface area is 123 Å². The molecular formula is C14H15N5S. The third kappa shape index (κ3) is 4.03. The first kappa shape index (κ1) is 14.0. The number of hydrogen-bond donors (Lipinski definition) is 2. The van der Waals surface area contributed by atoms with Gasteiger partial charge >= 0.3 is 0 Å². The molecule has 0 atom stereocenters. The van der Waals surface area contributed by atoms with Crippen molar-refractivity contribution in [1.82, 2.24) is 20.5 Å². The zero-order valence-electron chi connectivity index (χ0n) is 10.9. The van der Waals surface area contributed by atoms with E-state index in [1.807, 2.05) is 36.5 Å². The maximum absolute atomic E-state index is 5.01. The molecule has 0 fully saturated rings. The van der Waals surface area contributed by atoms with Gasteiger partial charge in [-0.05, 0) is 24.4 Å². The van der Waals surface area contributed by atoms with Gasteiger partial charge in [0.2, 0.25) is 0 Å². The highest BCUT2D eigenvalue weighted by atomic mass is 32.1. The van der Waals surface area contributed by atoms with E-state index < -0.39 is 0 Å². The van der Waals surface area contributed by atoms with Gasteiger partial charge in [0, 0.05) is 18.3 Å². The highest BCUT2D eigenvalue weighted by Gasteiger charge is 1.98. The molecule has 5 nitrogen and oxygen atoms in total. The average molecular weight is 285 g/mol. The number of hydrogen-bond acceptors (Lipinski definition) is 3. The van der Waals surface area contributed by atoms with Crippen LogP contribution >= 0.6 is 12.2 Å². The van der Waals surface area contributed by atoms with Gasteiger partial charge in [0.05, 0.1) is 18.1 Å². The molecule has 2 aromatic rings. The Morgan fingerprint density at radius 3 is 2.95 bits per heavy atom. The van der Waals surface area contributed by atoms with E-state index >= 15 is 0 Å². The molecule has 0 unspecified atom stereocenters. The van der Waals surface area contributed by atoms with Crippen LogP contribution < -0.4 is 10.7 Å². The van der Waals surface area contributed by atoms with E-state index in [4.69, 9.17) is 12.2 Å². The van der Waals surface area contributed by atoms with E-state index in [0.29, 0.717) is 11.7 Å². The highest BCUT2D eigenvalue weighted by Crippen LogP contribution is 2.06. The van der Waals surface area contributed by atoms with Gasteiger partial charge in [-0.3, -0.25) is 5.43 Å². The molecule has 0 spiro atoms. The molecule has 0 radical (unpaired) electrons. The normalized spacial score (nSPS) is 10.4. The quantitative estimate of drug-likeness (QED) is 0.381. The topological polar surface area (TPSA) is 54.2 Å². The zero-order chi connectivity index (χ0) is 14.2. The molecule has 2 rings (SSSR count). The summed E-state index contributed by atoms with van der Waals surface area (Å²) in [5.74, 6) is 0. The molecule has 20 heavy (non-hydrogen) atoms. The minimum atomic E-state index is 0.455. The molecule has 0 saturated carbocycles. The van der Waals surface area contributed by atoms with Crippen LogP contribution in [0.25, 0.3) is 5.69 Å². The number of benzene rings is 1. The Kier molecular flexibility index (Phi) is 5.02. The largest absolute Gasteiger partial charge is 0.358 e. The minimum absolute atomic E-state index is 0.455. The molecule has 0 amide bonds. The van der Waals surface area contributed by atoms with E-state index in [2.05, 4.69) is 27.5 Å². The first-order chi connectivity index (χ1) is 9.79. The van der Waals surface area contributed by atoms with Gasteiger partial charge in [-0.25, -0.2) is 4.68 Å². The SMILES string of the molecule is C=CCNC(=S)N/N=C\c1cnn(-c2ccccc2)c1. The number of nitrogens with zero attached hydrogens (tertiary/aromatic N) is 3. The smallest absolute Gasteiger partial charge is 0.187 e. The van der Waals surface area contributed by atoms with Crippen molar-refractivity contribution >= 4 is 23.5 Å². The lowest BCUT2D eigenvalue weighted by Gasteiger charge is -2.02. The third-order valence-corrected chi connectivity index (χ3v) is 2.65. The summed E-state index contributed by atoms with van der Waals surface area (Å²) in [6.45, 7) is 4.20. The van der Waals surface area contributed by atoms with E-state index in [9.17, 15) is 0 Å². The van der Waals surface area contributed by atoms with Gasteiger partial charge in [0.25, 0.3) is 0 Å². The Balaban J connectivity index is 1.93. The average Bonchev–Trinajstić information content (AvgIpc) is 2.95. The molecule has 6 heteroatoms. The van der Waals surface area contributed by atoms with Crippen molar-refractivity contribution in [3.05, 3.63) is 60.9 Å². The van der Waals surface area contributed by atoms with Crippen LogP contribution in [0.5, 0.6) is 0 Å². The zero-order valence-corrected chi connectivity index (χ0v) is 11.7. The number of hydrazone groups is 1. The van der Waals surface area contributed by atoms with Crippen molar-refractivity contribution in [2.45, 2.75) is 0 Å². The lowest BCUT2D eigenvalue weighted by atomic mass is 10.3. The van der Waals surface area contributed by atoms with E-state index in [0.717, 1.165) is 11.3 Å². The minimum Gasteiger partial charge on any atom is -0.358 e. The molecule has 102 valence electrons. The van der Waals surface area contributed by atoms with Crippen LogP contribution in [-0.2, 0) is 0 Å². The standard InChI is InChI=1S/C14H15N5S/c1-2-8-15-14(20)18-16-9-12-10-17-19(11-12)13-6-4-3-5-7-13/h2-7,9-11H,1,8H2,(H2,15,18,20)/b16-9-. The molecule has 0 saturated heterocycles. The Morgan fingerprint density at radius 2 is 2.20 bits per heavy atom. The Bertz CT molecular complexity index is 603. The summed E-state index contributed by atoms with van der Waals surface area (Å²) in [6.07, 6.45) is 7.01. The highest BCUT2D eigenvalue weighted by molar-refractivity contribution is 7.80. The first-order valence-electron chi connectivity index (χ1n) is 6.07. The number of rotatable bonds is 5. The monoisotopic (exact) mass is 285 g/mol. The van der Waals surface area contributed by atoms with Crippen LogP contribution in [0.15, 0.2) is 60.5 Å². The maximum Gasteiger partial charge on any atom is 0.187 e. The van der Waals surface area contributed by atoms with Gasteiger partial charge < -0.3 is 5.32 Å². The van der Waals surface area contributed by atoms with E-state index in [1.165, 1.54) is 0 Å². The van der Waals surface area contributed by atoms with Gasteiger partial charge in [0.1, 0.15) is 0 Å². The van der Waals surface area contributed by atoms with Crippen LogP contribution in [0, 0.1) is 0 Å². The lowest BCUT2D eigenvalue weighted by Crippen LogP contribution is -2.31. The number of aromatic nitrogens is 2. The number of thiocarbonyl (C=S) groups is 1. The molecule has 1 aromatic heterocycles. The lowest BCUT2D eigenvalue weighted by molar-refractivity contribution is 0.880. The molecule has 0 aliphatic carbocycles.